The van der Waals surface area contributed by atoms with E-state index in [2.05, 4.69) is 40.3 Å². The van der Waals surface area contributed by atoms with E-state index in [1.165, 1.54) is 4.90 Å². The van der Waals surface area contributed by atoms with Crippen molar-refractivity contribution in [2.45, 2.75) is 24.8 Å². The number of hydrogen-bond acceptors (Lipinski definition) is 2. The van der Waals surface area contributed by atoms with Gasteiger partial charge in [-0.2, -0.15) is 0 Å². The van der Waals surface area contributed by atoms with Crippen LogP contribution in [0, 0.1) is 12.7 Å². The molecule has 0 fully saturated rings. The van der Waals surface area contributed by atoms with E-state index in [0.29, 0.717) is 5.56 Å². The Balaban J connectivity index is 2.07. The Labute approximate surface area is 138 Å². The Bertz CT molecular complexity index is 586. The van der Waals surface area contributed by atoms with Crippen molar-refractivity contribution >= 4 is 27.7 Å². The smallest absolute Gasteiger partial charge is 0.126 e. The van der Waals surface area contributed by atoms with E-state index in [-0.39, 0.29) is 11.9 Å². The van der Waals surface area contributed by atoms with Crippen LogP contribution in [0.4, 0.5) is 4.39 Å². The molecule has 0 aliphatic carbocycles. The van der Waals surface area contributed by atoms with Gasteiger partial charge >= 0.3 is 0 Å². The van der Waals surface area contributed by atoms with Crippen molar-refractivity contribution in [3.63, 3.8) is 0 Å². The number of aryl methyl sites for hydroxylation is 1. The minimum Gasteiger partial charge on any atom is -0.309 e. The van der Waals surface area contributed by atoms with E-state index in [0.717, 1.165) is 22.3 Å². The first kappa shape index (κ1) is 16.5. The van der Waals surface area contributed by atoms with E-state index in [9.17, 15) is 4.39 Å². The van der Waals surface area contributed by atoms with Gasteiger partial charge in [0.2, 0.25) is 0 Å². The molecular formula is C17H19BrFNS. The number of rotatable bonds is 6. The van der Waals surface area contributed by atoms with E-state index in [1.54, 1.807) is 17.8 Å². The van der Waals surface area contributed by atoms with Crippen LogP contribution in [0.1, 0.15) is 24.1 Å². The summed E-state index contributed by atoms with van der Waals surface area (Å²) >= 11 is 5.25. The van der Waals surface area contributed by atoms with E-state index in [4.69, 9.17) is 0 Å². The van der Waals surface area contributed by atoms with Crippen molar-refractivity contribution < 1.29 is 4.39 Å². The highest BCUT2D eigenvalue weighted by Crippen LogP contribution is 2.26. The van der Waals surface area contributed by atoms with Crippen LogP contribution < -0.4 is 5.32 Å². The first-order chi connectivity index (χ1) is 10.1. The largest absolute Gasteiger partial charge is 0.309 e. The second kappa shape index (κ2) is 7.97. The highest BCUT2D eigenvalue weighted by Gasteiger charge is 2.12. The number of hydrogen-bond donors (Lipinski definition) is 1. The Morgan fingerprint density at radius 2 is 1.90 bits per heavy atom. The Morgan fingerprint density at radius 3 is 2.52 bits per heavy atom. The average molecular weight is 368 g/mol. The van der Waals surface area contributed by atoms with Gasteiger partial charge in [0.05, 0.1) is 0 Å². The van der Waals surface area contributed by atoms with Crippen LogP contribution in [0.25, 0.3) is 0 Å². The summed E-state index contributed by atoms with van der Waals surface area (Å²) in [6.45, 7) is 4.79. The SMILES string of the molecule is CCNC(CSc1ccc(Br)cc1)c1ccc(F)c(C)c1. The van der Waals surface area contributed by atoms with Crippen LogP contribution in [0.15, 0.2) is 51.8 Å². The molecule has 0 saturated heterocycles. The lowest BCUT2D eigenvalue weighted by molar-refractivity contribution is 0.594. The third-order valence-electron chi connectivity index (χ3n) is 3.27. The Morgan fingerprint density at radius 1 is 1.19 bits per heavy atom. The molecule has 0 aliphatic rings. The molecule has 112 valence electrons. The van der Waals surface area contributed by atoms with Gasteiger partial charge in [0.1, 0.15) is 5.82 Å². The maximum atomic E-state index is 13.4. The normalized spacial score (nSPS) is 12.4. The summed E-state index contributed by atoms with van der Waals surface area (Å²) in [5.74, 6) is 0.773. The van der Waals surface area contributed by atoms with E-state index in [1.807, 2.05) is 31.2 Å². The summed E-state index contributed by atoms with van der Waals surface area (Å²) in [6.07, 6.45) is 0. The standard InChI is InChI=1S/C17H19BrFNS/c1-3-20-17(13-4-9-16(19)12(2)10-13)11-21-15-7-5-14(18)6-8-15/h4-10,17,20H,3,11H2,1-2H3. The van der Waals surface area contributed by atoms with E-state index >= 15 is 0 Å². The van der Waals surface area contributed by atoms with Gasteiger partial charge in [-0.15, -0.1) is 11.8 Å². The van der Waals surface area contributed by atoms with Crippen LogP contribution in [-0.4, -0.2) is 12.3 Å². The third kappa shape index (κ3) is 4.83. The third-order valence-corrected chi connectivity index (χ3v) is 4.90. The maximum absolute atomic E-state index is 13.4. The molecule has 0 amide bonds. The van der Waals surface area contributed by atoms with Gasteiger partial charge in [0.15, 0.2) is 0 Å². The predicted molar refractivity (Wildman–Crippen MR) is 92.4 cm³/mol. The summed E-state index contributed by atoms with van der Waals surface area (Å²) in [4.78, 5) is 1.24. The van der Waals surface area contributed by atoms with Gasteiger partial charge in [-0.05, 0) is 54.9 Å². The number of halogens is 2. The fourth-order valence-corrected chi connectivity index (χ4v) is 3.38. The molecule has 2 aromatic carbocycles. The van der Waals surface area contributed by atoms with Crippen molar-refractivity contribution in [1.82, 2.24) is 5.32 Å². The molecular weight excluding hydrogens is 349 g/mol. The fraction of sp³-hybridized carbons (Fsp3) is 0.294. The van der Waals surface area contributed by atoms with Gasteiger partial charge < -0.3 is 5.32 Å². The van der Waals surface area contributed by atoms with Crippen molar-refractivity contribution in [3.8, 4) is 0 Å². The molecule has 1 unspecified atom stereocenters. The zero-order valence-corrected chi connectivity index (χ0v) is 14.6. The van der Waals surface area contributed by atoms with Crippen LogP contribution in [-0.2, 0) is 0 Å². The highest BCUT2D eigenvalue weighted by atomic mass is 79.9. The molecule has 0 aromatic heterocycles. The van der Waals surface area contributed by atoms with Gasteiger partial charge in [-0.25, -0.2) is 4.39 Å². The lowest BCUT2D eigenvalue weighted by atomic mass is 10.1. The molecule has 0 saturated carbocycles. The van der Waals surface area contributed by atoms with Crippen molar-refractivity contribution in [2.24, 2.45) is 0 Å². The summed E-state index contributed by atoms with van der Waals surface area (Å²) in [6, 6.07) is 13.9. The minimum absolute atomic E-state index is 0.144. The van der Waals surface area contributed by atoms with Crippen molar-refractivity contribution in [1.29, 1.82) is 0 Å². The second-order valence-corrected chi connectivity index (χ2v) is 6.89. The second-order valence-electron chi connectivity index (χ2n) is 4.88. The monoisotopic (exact) mass is 367 g/mol. The number of thioether (sulfide) groups is 1. The van der Waals surface area contributed by atoms with Gasteiger partial charge in [0.25, 0.3) is 0 Å². The van der Waals surface area contributed by atoms with Gasteiger partial charge in [-0.1, -0.05) is 35.0 Å². The quantitative estimate of drug-likeness (QED) is 0.691. The molecule has 0 spiro atoms. The van der Waals surface area contributed by atoms with Crippen LogP contribution in [0.2, 0.25) is 0 Å². The molecule has 0 heterocycles. The predicted octanol–water partition coefficient (Wildman–Crippen LogP) is 5.34. The van der Waals surface area contributed by atoms with Crippen LogP contribution in [0.5, 0.6) is 0 Å². The molecule has 2 rings (SSSR count). The highest BCUT2D eigenvalue weighted by molar-refractivity contribution is 9.10. The van der Waals surface area contributed by atoms with E-state index < -0.39 is 0 Å². The Kier molecular flexibility index (Phi) is 6.27. The summed E-state index contributed by atoms with van der Waals surface area (Å²) in [5, 5.41) is 3.47. The van der Waals surface area contributed by atoms with Gasteiger partial charge in [0, 0.05) is 21.2 Å². The number of benzene rings is 2. The molecule has 4 heteroatoms. The molecule has 1 N–H and O–H groups in total. The molecule has 0 aliphatic heterocycles. The van der Waals surface area contributed by atoms with Crippen molar-refractivity contribution in [2.75, 3.05) is 12.3 Å². The Hall–Kier alpha value is -0.840. The fourth-order valence-electron chi connectivity index (χ4n) is 2.11. The zero-order chi connectivity index (χ0) is 15.2. The zero-order valence-electron chi connectivity index (χ0n) is 12.2. The first-order valence-corrected chi connectivity index (χ1v) is 8.76. The molecule has 2 aromatic rings. The first-order valence-electron chi connectivity index (χ1n) is 6.98. The molecule has 21 heavy (non-hydrogen) atoms. The molecule has 0 radical (unpaired) electrons. The lowest BCUT2D eigenvalue weighted by Gasteiger charge is -2.19. The molecule has 1 atom stereocenters. The molecule has 1 nitrogen and oxygen atoms in total. The van der Waals surface area contributed by atoms with Crippen LogP contribution >= 0.6 is 27.7 Å². The molecule has 0 bridgehead atoms. The van der Waals surface area contributed by atoms with Crippen molar-refractivity contribution in [3.05, 3.63) is 63.9 Å². The maximum Gasteiger partial charge on any atom is 0.126 e. The van der Waals surface area contributed by atoms with Gasteiger partial charge in [-0.3, -0.25) is 0 Å². The summed E-state index contributed by atoms with van der Waals surface area (Å²) in [5.41, 5.74) is 1.84. The average Bonchev–Trinajstić information content (AvgIpc) is 2.48. The topological polar surface area (TPSA) is 12.0 Å². The number of nitrogens with one attached hydrogen (secondary N) is 1. The minimum atomic E-state index is -0.144. The van der Waals surface area contributed by atoms with Crippen LogP contribution in [0.3, 0.4) is 0 Å². The summed E-state index contributed by atoms with van der Waals surface area (Å²) < 4.78 is 14.5. The summed E-state index contributed by atoms with van der Waals surface area (Å²) in [7, 11) is 0. The lowest BCUT2D eigenvalue weighted by Crippen LogP contribution is -2.23.